The average molecular weight is 294 g/mol. The van der Waals surface area contributed by atoms with E-state index in [4.69, 9.17) is 0 Å². The van der Waals surface area contributed by atoms with Crippen molar-refractivity contribution in [1.82, 2.24) is 9.66 Å². The van der Waals surface area contributed by atoms with Gasteiger partial charge in [0, 0.05) is 5.69 Å². The zero-order valence-electron chi connectivity index (χ0n) is 10.9. The van der Waals surface area contributed by atoms with Gasteiger partial charge in [0.2, 0.25) is 5.95 Å². The Bertz CT molecular complexity index is 898. The van der Waals surface area contributed by atoms with Crippen LogP contribution in [-0.4, -0.2) is 14.8 Å². The lowest BCUT2D eigenvalue weighted by Gasteiger charge is -2.10. The fourth-order valence-corrected chi connectivity index (χ4v) is 2.07. The Morgan fingerprint density at radius 1 is 1.10 bits per heavy atom. The summed E-state index contributed by atoms with van der Waals surface area (Å²) in [5.74, 6) is 0.294. The van der Waals surface area contributed by atoms with Gasteiger partial charge in [-0.15, -0.1) is 5.10 Å². The molecule has 0 aliphatic heterocycles. The Kier molecular flexibility index (Phi) is 3.55. The maximum absolute atomic E-state index is 12.4. The van der Waals surface area contributed by atoms with Crippen molar-refractivity contribution in [2.45, 2.75) is 0 Å². The van der Waals surface area contributed by atoms with Crippen LogP contribution in [0.15, 0.2) is 64.5 Å². The molecular formula is C15H10N4OS. The summed E-state index contributed by atoms with van der Waals surface area (Å²) in [5.41, 5.74) is 1.10. The number of thiocarbonyl (C=S) groups is 1. The fraction of sp³-hybridized carbons (Fsp3) is 0. The maximum atomic E-state index is 12.4. The minimum absolute atomic E-state index is 0.294. The molecule has 0 amide bonds. The summed E-state index contributed by atoms with van der Waals surface area (Å²) < 4.78 is 1.11. The van der Waals surface area contributed by atoms with Gasteiger partial charge in [-0.2, -0.15) is 4.68 Å². The molecule has 0 fully saturated rings. The first-order valence-electron chi connectivity index (χ1n) is 6.21. The van der Waals surface area contributed by atoms with E-state index in [0.717, 1.165) is 10.4 Å². The summed E-state index contributed by atoms with van der Waals surface area (Å²) in [4.78, 5) is 16.9. The summed E-state index contributed by atoms with van der Waals surface area (Å²) in [5, 5.41) is 9.54. The van der Waals surface area contributed by atoms with E-state index in [0.29, 0.717) is 16.9 Å². The standard InChI is InChI=1S/C15H10N4OS/c20-14-12-8-4-5-9-13(12)18-15(19(14)16-10-21)17-11-6-2-1-3-7-11/h1-9H,(H,17,18). The Morgan fingerprint density at radius 3 is 2.57 bits per heavy atom. The summed E-state index contributed by atoms with van der Waals surface area (Å²) in [6.45, 7) is 0. The van der Waals surface area contributed by atoms with E-state index in [1.54, 1.807) is 18.2 Å². The first-order chi connectivity index (χ1) is 10.3. The SMILES string of the molecule is O=c1c2ccccc2nc(Nc2ccccc2)n1N=C=S. The Hall–Kier alpha value is -2.82. The van der Waals surface area contributed by atoms with Crippen molar-refractivity contribution in [2.24, 2.45) is 5.10 Å². The van der Waals surface area contributed by atoms with Crippen molar-refractivity contribution in [2.75, 3.05) is 5.32 Å². The van der Waals surface area contributed by atoms with Gasteiger partial charge >= 0.3 is 0 Å². The van der Waals surface area contributed by atoms with Crippen molar-refractivity contribution >= 4 is 39.9 Å². The molecule has 0 radical (unpaired) electrons. The minimum atomic E-state index is -0.295. The minimum Gasteiger partial charge on any atom is -0.324 e. The quantitative estimate of drug-likeness (QED) is 0.596. The van der Waals surface area contributed by atoms with Crippen LogP contribution in [0.4, 0.5) is 11.6 Å². The monoisotopic (exact) mass is 294 g/mol. The molecule has 0 aliphatic rings. The molecule has 0 atom stereocenters. The highest BCUT2D eigenvalue weighted by Crippen LogP contribution is 2.16. The lowest BCUT2D eigenvalue weighted by molar-refractivity contribution is 0.833. The molecule has 0 saturated heterocycles. The van der Waals surface area contributed by atoms with Gasteiger partial charge < -0.3 is 5.32 Å². The van der Waals surface area contributed by atoms with Gasteiger partial charge in [-0.3, -0.25) is 4.79 Å². The second-order valence-electron chi connectivity index (χ2n) is 4.25. The van der Waals surface area contributed by atoms with Crippen molar-refractivity contribution in [1.29, 1.82) is 0 Å². The normalized spacial score (nSPS) is 10.1. The molecule has 6 heteroatoms. The maximum Gasteiger partial charge on any atom is 0.284 e. The Balaban J connectivity index is 2.23. The highest BCUT2D eigenvalue weighted by molar-refractivity contribution is 7.78. The third kappa shape index (κ3) is 2.58. The lowest BCUT2D eigenvalue weighted by Crippen LogP contribution is -2.20. The first-order valence-corrected chi connectivity index (χ1v) is 6.62. The molecular weight excluding hydrogens is 284 g/mol. The smallest absolute Gasteiger partial charge is 0.284 e. The van der Waals surface area contributed by atoms with Crippen LogP contribution in [0.25, 0.3) is 10.9 Å². The van der Waals surface area contributed by atoms with Crippen molar-refractivity contribution in [3.8, 4) is 0 Å². The van der Waals surface area contributed by atoms with Gasteiger partial charge in [0.1, 0.15) is 0 Å². The van der Waals surface area contributed by atoms with Gasteiger partial charge in [-0.1, -0.05) is 30.3 Å². The fourth-order valence-electron chi connectivity index (χ4n) is 1.99. The van der Waals surface area contributed by atoms with Crippen LogP contribution in [-0.2, 0) is 0 Å². The number of aromatic nitrogens is 2. The first kappa shape index (κ1) is 13.2. The highest BCUT2D eigenvalue weighted by atomic mass is 32.1. The number of para-hydroxylation sites is 2. The van der Waals surface area contributed by atoms with Gasteiger partial charge in [0.25, 0.3) is 5.56 Å². The van der Waals surface area contributed by atoms with E-state index in [2.05, 4.69) is 32.8 Å². The molecule has 0 aliphatic carbocycles. The number of fused-ring (bicyclic) bond motifs is 1. The lowest BCUT2D eigenvalue weighted by atomic mass is 10.2. The Morgan fingerprint density at radius 2 is 1.81 bits per heavy atom. The number of hydrogen-bond acceptors (Lipinski definition) is 5. The van der Waals surface area contributed by atoms with Crippen LogP contribution in [0.2, 0.25) is 0 Å². The number of nitrogens with one attached hydrogen (secondary N) is 1. The van der Waals surface area contributed by atoms with Gasteiger partial charge in [0.05, 0.1) is 16.1 Å². The summed E-state index contributed by atoms with van der Waals surface area (Å²) in [6.07, 6.45) is 0. The van der Waals surface area contributed by atoms with Crippen LogP contribution < -0.4 is 10.9 Å². The molecule has 1 aromatic heterocycles. The molecule has 0 spiro atoms. The van der Waals surface area contributed by atoms with Crippen LogP contribution in [0, 0.1) is 0 Å². The third-order valence-corrected chi connectivity index (χ3v) is 3.01. The van der Waals surface area contributed by atoms with E-state index >= 15 is 0 Å². The molecule has 102 valence electrons. The molecule has 0 unspecified atom stereocenters. The van der Waals surface area contributed by atoms with Crippen LogP contribution in [0.5, 0.6) is 0 Å². The molecule has 21 heavy (non-hydrogen) atoms. The largest absolute Gasteiger partial charge is 0.324 e. The van der Waals surface area contributed by atoms with E-state index in [-0.39, 0.29) is 5.56 Å². The number of isothiocyanates is 1. The molecule has 2 aromatic carbocycles. The zero-order valence-corrected chi connectivity index (χ0v) is 11.7. The average Bonchev–Trinajstić information content (AvgIpc) is 2.52. The van der Waals surface area contributed by atoms with Crippen molar-refractivity contribution in [3.05, 3.63) is 65.0 Å². The summed E-state index contributed by atoms with van der Waals surface area (Å²) in [6, 6.07) is 16.5. The van der Waals surface area contributed by atoms with Crippen molar-refractivity contribution in [3.63, 3.8) is 0 Å². The van der Waals surface area contributed by atoms with E-state index in [1.807, 2.05) is 36.4 Å². The number of nitrogens with zero attached hydrogens (tertiary/aromatic N) is 3. The molecule has 0 bridgehead atoms. The van der Waals surface area contributed by atoms with Crippen LogP contribution in [0.1, 0.15) is 0 Å². The molecule has 0 saturated carbocycles. The summed E-state index contributed by atoms with van der Waals surface area (Å²) in [7, 11) is 0. The van der Waals surface area contributed by atoms with E-state index < -0.39 is 0 Å². The van der Waals surface area contributed by atoms with Crippen LogP contribution >= 0.6 is 12.2 Å². The number of hydrogen-bond donors (Lipinski definition) is 1. The third-order valence-electron chi connectivity index (χ3n) is 2.92. The van der Waals surface area contributed by atoms with E-state index in [1.165, 1.54) is 0 Å². The molecule has 1 N–H and O–H groups in total. The molecule has 5 nitrogen and oxygen atoms in total. The molecule has 1 heterocycles. The van der Waals surface area contributed by atoms with Crippen LogP contribution in [0.3, 0.4) is 0 Å². The second kappa shape index (κ2) is 5.66. The predicted octanol–water partition coefficient (Wildman–Crippen LogP) is 3.01. The zero-order chi connectivity index (χ0) is 14.7. The van der Waals surface area contributed by atoms with Gasteiger partial charge in [0.15, 0.2) is 0 Å². The summed E-state index contributed by atoms with van der Waals surface area (Å²) >= 11 is 4.61. The van der Waals surface area contributed by atoms with Crippen molar-refractivity contribution < 1.29 is 0 Å². The Labute approximate surface area is 125 Å². The number of rotatable bonds is 3. The molecule has 3 aromatic rings. The molecule has 3 rings (SSSR count). The topological polar surface area (TPSA) is 59.3 Å². The predicted molar refractivity (Wildman–Crippen MR) is 86.2 cm³/mol. The van der Waals surface area contributed by atoms with Gasteiger partial charge in [-0.05, 0) is 36.5 Å². The van der Waals surface area contributed by atoms with Gasteiger partial charge in [-0.25, -0.2) is 4.98 Å². The number of benzene rings is 2. The number of anilines is 2. The van der Waals surface area contributed by atoms with E-state index in [9.17, 15) is 4.79 Å². The highest BCUT2D eigenvalue weighted by Gasteiger charge is 2.10. The second-order valence-corrected chi connectivity index (χ2v) is 4.43.